The lowest BCUT2D eigenvalue weighted by Gasteiger charge is -2.43. The van der Waals surface area contributed by atoms with E-state index in [-0.39, 0.29) is 37.3 Å². The highest BCUT2D eigenvalue weighted by Crippen LogP contribution is 2.42. The second-order valence-electron chi connectivity index (χ2n) is 10.1. The fourth-order valence-corrected chi connectivity index (χ4v) is 10.1. The van der Waals surface area contributed by atoms with E-state index in [9.17, 15) is 9.46 Å². The first-order valence-corrected chi connectivity index (χ1v) is 17.7. The van der Waals surface area contributed by atoms with Crippen molar-refractivity contribution in [1.29, 1.82) is 5.26 Å². The molecule has 2 aromatic rings. The third-order valence-corrected chi connectivity index (χ3v) is 13.1. The smallest absolute Gasteiger partial charge is 0.328 e. The Bertz CT molecular complexity index is 1020. The summed E-state index contributed by atoms with van der Waals surface area (Å²) in [5, 5.41) is 11.2. The van der Waals surface area contributed by atoms with Crippen LogP contribution in [0.2, 0.25) is 5.04 Å². The molecule has 216 valence electrons. The Morgan fingerprint density at radius 3 is 1.90 bits per heavy atom. The first kappa shape index (κ1) is 35.3. The summed E-state index contributed by atoms with van der Waals surface area (Å²) >= 11 is 6.47. The summed E-state index contributed by atoms with van der Waals surface area (Å²) in [5.74, 6) is 0. The van der Waals surface area contributed by atoms with Crippen LogP contribution in [0.1, 0.15) is 54.4 Å². The molecule has 0 saturated carbocycles. The average molecular weight is 593 g/mol. The van der Waals surface area contributed by atoms with Gasteiger partial charge < -0.3 is 18.7 Å². The van der Waals surface area contributed by atoms with Gasteiger partial charge in [0, 0.05) is 5.03 Å². The number of benzene rings is 2. The minimum absolute atomic E-state index is 0.0569. The van der Waals surface area contributed by atoms with Crippen LogP contribution in [-0.2, 0) is 13.5 Å². The van der Waals surface area contributed by atoms with Crippen LogP contribution in [0, 0.1) is 11.3 Å². The maximum atomic E-state index is 12.0. The van der Waals surface area contributed by atoms with Gasteiger partial charge in [-0.3, -0.25) is 4.57 Å². The SMILES string of the molecule is CC(C)(C)[Si](OC/C(Cl)=C/CCP(=O)(O)OCCC#N)(c1ccccc1)c1ccccc1.CCN(CC)CC. The fraction of sp³-hybridized carbons (Fsp3) is 0.500. The maximum absolute atomic E-state index is 12.0. The maximum Gasteiger partial charge on any atom is 0.328 e. The van der Waals surface area contributed by atoms with Crippen LogP contribution >= 0.6 is 19.2 Å². The number of rotatable bonds is 14. The van der Waals surface area contributed by atoms with Gasteiger partial charge in [0.1, 0.15) is 0 Å². The standard InChI is InChI=1S/C24H31ClNO4PSi.C6H15N/c1-24(2,3)32(22-13-6-4-7-14-22,23-15-8-5-9-16-23)30-20-21(25)12-10-19-31(27,28)29-18-11-17-26;1-4-7(5-2)6-3/h4-9,12-16H,10-11,18-20H2,1-3H3,(H,27,28);4-6H2,1-3H3/b21-12-;. The molecule has 0 aliphatic carbocycles. The third-order valence-electron chi connectivity index (χ3n) is 6.47. The Labute approximate surface area is 242 Å². The number of allylic oxidation sites excluding steroid dienone is 1. The Morgan fingerprint density at radius 1 is 1.03 bits per heavy atom. The minimum atomic E-state index is -3.74. The van der Waals surface area contributed by atoms with E-state index in [0.717, 1.165) is 10.4 Å². The topological polar surface area (TPSA) is 82.8 Å². The van der Waals surface area contributed by atoms with Crippen molar-refractivity contribution in [3.05, 3.63) is 71.8 Å². The molecule has 0 aliphatic heterocycles. The second-order valence-corrected chi connectivity index (χ2v) is 16.9. The summed E-state index contributed by atoms with van der Waals surface area (Å²) in [7, 11) is -6.43. The van der Waals surface area contributed by atoms with Crippen molar-refractivity contribution in [3.8, 4) is 6.07 Å². The Hall–Kier alpha value is -1.75. The zero-order valence-electron chi connectivity index (χ0n) is 24.4. The molecule has 0 spiro atoms. The van der Waals surface area contributed by atoms with Crippen LogP contribution in [0.5, 0.6) is 0 Å². The Morgan fingerprint density at radius 2 is 1.51 bits per heavy atom. The molecule has 2 aromatic carbocycles. The van der Waals surface area contributed by atoms with Gasteiger partial charge in [0.25, 0.3) is 8.32 Å². The van der Waals surface area contributed by atoms with Crippen LogP contribution in [0.4, 0.5) is 0 Å². The minimum Gasteiger partial charge on any atom is -0.402 e. The number of hydrogen-bond donors (Lipinski definition) is 1. The average Bonchev–Trinajstić information content (AvgIpc) is 2.91. The van der Waals surface area contributed by atoms with Gasteiger partial charge in [-0.05, 0) is 41.5 Å². The molecule has 0 bridgehead atoms. The predicted molar refractivity (Wildman–Crippen MR) is 166 cm³/mol. The van der Waals surface area contributed by atoms with Gasteiger partial charge in [0.05, 0.1) is 31.9 Å². The predicted octanol–water partition coefficient (Wildman–Crippen LogP) is 6.54. The zero-order valence-corrected chi connectivity index (χ0v) is 27.0. The number of hydrogen-bond acceptors (Lipinski definition) is 5. The Kier molecular flexibility index (Phi) is 16.1. The fourth-order valence-electron chi connectivity index (χ4n) is 4.35. The van der Waals surface area contributed by atoms with E-state index in [1.807, 2.05) is 42.5 Å². The van der Waals surface area contributed by atoms with Crippen molar-refractivity contribution in [3.63, 3.8) is 0 Å². The van der Waals surface area contributed by atoms with Gasteiger partial charge in [-0.1, -0.05) is 120 Å². The molecule has 2 rings (SSSR count). The van der Waals surface area contributed by atoms with E-state index < -0.39 is 15.9 Å². The van der Waals surface area contributed by atoms with E-state index in [4.69, 9.17) is 25.8 Å². The summed E-state index contributed by atoms with van der Waals surface area (Å²) in [5.41, 5.74) is 0. The molecule has 9 heteroatoms. The molecular formula is C30H46ClN2O4PSi. The molecule has 0 fully saturated rings. The molecule has 1 unspecified atom stereocenters. The normalized spacial score (nSPS) is 13.8. The molecule has 0 radical (unpaired) electrons. The van der Waals surface area contributed by atoms with Crippen LogP contribution < -0.4 is 10.4 Å². The third kappa shape index (κ3) is 11.7. The van der Waals surface area contributed by atoms with E-state index in [1.54, 1.807) is 6.08 Å². The summed E-state index contributed by atoms with van der Waals surface area (Å²) in [6, 6.07) is 22.4. The van der Waals surface area contributed by atoms with Crippen LogP contribution in [-0.4, -0.2) is 57.1 Å². The summed E-state index contributed by atoms with van der Waals surface area (Å²) in [6.45, 7) is 16.9. The van der Waals surface area contributed by atoms with Crippen LogP contribution in [0.15, 0.2) is 71.8 Å². The lowest BCUT2D eigenvalue weighted by atomic mass is 10.2. The number of halogens is 1. The van der Waals surface area contributed by atoms with Gasteiger partial charge in [-0.15, -0.1) is 0 Å². The molecule has 0 amide bonds. The summed E-state index contributed by atoms with van der Waals surface area (Å²) < 4.78 is 23.7. The molecular weight excluding hydrogens is 547 g/mol. The Balaban J connectivity index is 0.000000956. The molecule has 6 nitrogen and oxygen atoms in total. The molecule has 0 aromatic heterocycles. The monoisotopic (exact) mass is 592 g/mol. The largest absolute Gasteiger partial charge is 0.402 e. The van der Waals surface area contributed by atoms with Crippen molar-refractivity contribution in [2.75, 3.05) is 39.0 Å². The van der Waals surface area contributed by atoms with E-state index in [1.165, 1.54) is 19.6 Å². The van der Waals surface area contributed by atoms with Gasteiger partial charge in [-0.25, -0.2) is 0 Å². The molecule has 1 N–H and O–H groups in total. The molecule has 1 atom stereocenters. The van der Waals surface area contributed by atoms with E-state index >= 15 is 0 Å². The highest BCUT2D eigenvalue weighted by atomic mass is 35.5. The lowest BCUT2D eigenvalue weighted by molar-refractivity contribution is 0.265. The van der Waals surface area contributed by atoms with Crippen molar-refractivity contribution in [2.24, 2.45) is 0 Å². The molecule has 0 aliphatic rings. The van der Waals surface area contributed by atoms with Gasteiger partial charge >= 0.3 is 7.60 Å². The van der Waals surface area contributed by atoms with Crippen molar-refractivity contribution >= 4 is 37.9 Å². The van der Waals surface area contributed by atoms with Gasteiger partial charge in [0.15, 0.2) is 0 Å². The summed E-state index contributed by atoms with van der Waals surface area (Å²) in [6.07, 6.45) is 2.00. The van der Waals surface area contributed by atoms with Gasteiger partial charge in [0.2, 0.25) is 0 Å². The highest BCUT2D eigenvalue weighted by Gasteiger charge is 2.50. The van der Waals surface area contributed by atoms with Crippen molar-refractivity contribution < 1.29 is 18.4 Å². The molecule has 0 saturated heterocycles. The quantitative estimate of drug-likeness (QED) is 0.152. The zero-order chi connectivity index (χ0) is 29.4. The van der Waals surface area contributed by atoms with Gasteiger partial charge in [-0.2, -0.15) is 5.26 Å². The number of nitrogens with zero attached hydrogens (tertiary/aromatic N) is 2. The van der Waals surface area contributed by atoms with E-state index in [2.05, 4.69) is 70.7 Å². The summed E-state index contributed by atoms with van der Waals surface area (Å²) in [4.78, 5) is 12.2. The van der Waals surface area contributed by atoms with Crippen molar-refractivity contribution in [2.45, 2.75) is 59.4 Å². The van der Waals surface area contributed by atoms with Crippen LogP contribution in [0.3, 0.4) is 0 Å². The van der Waals surface area contributed by atoms with Crippen LogP contribution in [0.25, 0.3) is 0 Å². The number of nitriles is 1. The molecule has 0 heterocycles. The first-order valence-electron chi connectivity index (χ1n) is 13.6. The van der Waals surface area contributed by atoms with Crippen molar-refractivity contribution in [1.82, 2.24) is 4.90 Å². The highest BCUT2D eigenvalue weighted by molar-refractivity contribution is 7.52. The second kappa shape index (κ2) is 17.8. The lowest BCUT2D eigenvalue weighted by Crippen LogP contribution is -2.66. The van der Waals surface area contributed by atoms with E-state index in [0.29, 0.717) is 5.03 Å². The molecule has 39 heavy (non-hydrogen) atoms. The first-order chi connectivity index (χ1) is 18.5.